The Balaban J connectivity index is 2.49. The summed E-state index contributed by atoms with van der Waals surface area (Å²) in [6, 6.07) is 9.58. The summed E-state index contributed by atoms with van der Waals surface area (Å²) < 4.78 is 27.9. The fraction of sp³-hybridized carbons (Fsp3) is 0.235. The zero-order valence-corrected chi connectivity index (χ0v) is 14.9. The molecule has 128 valence electrons. The number of sulfonamides is 1. The lowest BCUT2D eigenvalue weighted by Gasteiger charge is -2.19. The molecule has 0 radical (unpaired) electrons. The summed E-state index contributed by atoms with van der Waals surface area (Å²) in [6.07, 6.45) is 0. The first-order valence-corrected chi connectivity index (χ1v) is 8.81. The van der Waals surface area contributed by atoms with Gasteiger partial charge in [-0.25, -0.2) is 8.42 Å². The number of carbonyl (C=O) groups excluding carboxylic acids is 1. The van der Waals surface area contributed by atoms with Crippen LogP contribution < -0.4 is 15.4 Å². The van der Waals surface area contributed by atoms with Crippen molar-refractivity contribution in [1.29, 1.82) is 0 Å². The van der Waals surface area contributed by atoms with Gasteiger partial charge in [-0.1, -0.05) is 6.07 Å². The Morgan fingerprint density at radius 2 is 1.71 bits per heavy atom. The first kappa shape index (κ1) is 17.8. The highest BCUT2D eigenvalue weighted by Crippen LogP contribution is 2.28. The third-order valence-corrected chi connectivity index (χ3v) is 5.16. The summed E-state index contributed by atoms with van der Waals surface area (Å²) in [6.45, 7) is 3.77. The number of amides is 1. The molecule has 0 fully saturated rings. The summed E-state index contributed by atoms with van der Waals surface area (Å²) in [7, 11) is -0.210. The van der Waals surface area contributed by atoms with Crippen molar-refractivity contribution < 1.29 is 13.2 Å². The molecular formula is C17H21N3O3S. The van der Waals surface area contributed by atoms with Crippen LogP contribution >= 0.6 is 0 Å². The van der Waals surface area contributed by atoms with Crippen LogP contribution in [0.5, 0.6) is 0 Å². The minimum atomic E-state index is -3.78. The maximum atomic E-state index is 12.7. The number of carbonyl (C=O) groups is 1. The van der Waals surface area contributed by atoms with E-state index in [4.69, 9.17) is 5.73 Å². The lowest BCUT2D eigenvalue weighted by Crippen LogP contribution is -2.19. The number of primary amides is 1. The highest BCUT2D eigenvalue weighted by Gasteiger charge is 2.18. The quantitative estimate of drug-likeness (QED) is 0.868. The number of aryl methyl sites for hydroxylation is 2. The molecule has 0 saturated heterocycles. The van der Waals surface area contributed by atoms with E-state index in [0.29, 0.717) is 11.4 Å². The van der Waals surface area contributed by atoms with Gasteiger partial charge in [0.05, 0.1) is 16.3 Å². The molecule has 3 N–H and O–H groups in total. The monoisotopic (exact) mass is 347 g/mol. The van der Waals surface area contributed by atoms with Crippen LogP contribution in [0.2, 0.25) is 0 Å². The number of nitrogens with zero attached hydrogens (tertiary/aromatic N) is 1. The predicted molar refractivity (Wildman–Crippen MR) is 96.0 cm³/mol. The third kappa shape index (κ3) is 3.68. The third-order valence-electron chi connectivity index (χ3n) is 3.80. The Bertz CT molecular complexity index is 890. The molecule has 7 heteroatoms. The molecule has 0 atom stereocenters. The number of rotatable bonds is 5. The molecule has 0 aliphatic heterocycles. The summed E-state index contributed by atoms with van der Waals surface area (Å²) in [5.74, 6) is -0.619. The zero-order valence-electron chi connectivity index (χ0n) is 14.1. The van der Waals surface area contributed by atoms with Crippen LogP contribution in [0.3, 0.4) is 0 Å². The summed E-state index contributed by atoms with van der Waals surface area (Å²) in [5, 5.41) is 0. The van der Waals surface area contributed by atoms with Crippen molar-refractivity contribution in [3.8, 4) is 0 Å². The van der Waals surface area contributed by atoms with Gasteiger partial charge in [0.2, 0.25) is 5.91 Å². The molecule has 0 spiro atoms. The van der Waals surface area contributed by atoms with Crippen molar-refractivity contribution in [2.45, 2.75) is 18.7 Å². The van der Waals surface area contributed by atoms with Gasteiger partial charge >= 0.3 is 0 Å². The van der Waals surface area contributed by atoms with Crippen molar-refractivity contribution in [1.82, 2.24) is 0 Å². The fourth-order valence-corrected chi connectivity index (χ4v) is 3.40. The largest absolute Gasteiger partial charge is 0.376 e. The van der Waals surface area contributed by atoms with Gasteiger partial charge in [-0.3, -0.25) is 9.52 Å². The molecule has 6 nitrogen and oxygen atoms in total. The average Bonchev–Trinajstić information content (AvgIpc) is 2.49. The predicted octanol–water partition coefficient (Wildman–Crippen LogP) is 2.27. The lowest BCUT2D eigenvalue weighted by molar-refractivity contribution is 0.100. The second-order valence-electron chi connectivity index (χ2n) is 5.84. The normalized spacial score (nSPS) is 11.2. The molecule has 0 aliphatic rings. The number of nitrogens with two attached hydrogens (primary N) is 1. The maximum Gasteiger partial charge on any atom is 0.261 e. The van der Waals surface area contributed by atoms with E-state index in [0.717, 1.165) is 11.1 Å². The smallest absolute Gasteiger partial charge is 0.261 e. The molecule has 0 bridgehead atoms. The Morgan fingerprint density at radius 3 is 2.25 bits per heavy atom. The van der Waals surface area contributed by atoms with Gasteiger partial charge < -0.3 is 10.6 Å². The first-order chi connectivity index (χ1) is 11.1. The average molecular weight is 347 g/mol. The SMILES string of the molecule is Cc1ccc(S(=O)(=O)Nc2cc(C(N)=O)ccc2N(C)C)cc1C. The molecule has 0 unspecified atom stereocenters. The number of hydrogen-bond donors (Lipinski definition) is 2. The van der Waals surface area contributed by atoms with Crippen LogP contribution in [0, 0.1) is 13.8 Å². The number of anilines is 2. The van der Waals surface area contributed by atoms with E-state index in [1.165, 1.54) is 6.07 Å². The van der Waals surface area contributed by atoms with Crippen molar-refractivity contribution in [3.05, 3.63) is 53.1 Å². The Morgan fingerprint density at radius 1 is 1.04 bits per heavy atom. The summed E-state index contributed by atoms with van der Waals surface area (Å²) in [4.78, 5) is 13.3. The highest BCUT2D eigenvalue weighted by molar-refractivity contribution is 7.92. The number of benzene rings is 2. The van der Waals surface area contributed by atoms with Crippen molar-refractivity contribution >= 4 is 27.3 Å². The molecule has 2 aromatic carbocycles. The molecule has 24 heavy (non-hydrogen) atoms. The molecule has 2 aromatic rings. The summed E-state index contributed by atoms with van der Waals surface area (Å²) >= 11 is 0. The van der Waals surface area contributed by atoms with Crippen LogP contribution in [0.15, 0.2) is 41.3 Å². The lowest BCUT2D eigenvalue weighted by atomic mass is 10.1. The maximum absolute atomic E-state index is 12.7. The summed E-state index contributed by atoms with van der Waals surface area (Å²) in [5.41, 5.74) is 8.36. The molecular weight excluding hydrogens is 326 g/mol. The molecule has 0 aliphatic carbocycles. The topological polar surface area (TPSA) is 92.5 Å². The fourth-order valence-electron chi connectivity index (χ4n) is 2.25. The minimum Gasteiger partial charge on any atom is -0.376 e. The zero-order chi connectivity index (χ0) is 18.1. The van der Waals surface area contributed by atoms with Gasteiger partial charge in [0.1, 0.15) is 0 Å². The van der Waals surface area contributed by atoms with Crippen LogP contribution in [0.1, 0.15) is 21.5 Å². The Labute approximate surface area is 142 Å². The standard InChI is InChI=1S/C17H21N3O3S/c1-11-5-7-14(9-12(11)2)24(22,23)19-15-10-13(17(18)21)6-8-16(15)20(3)4/h5-10,19H,1-4H3,(H2,18,21). The second kappa shape index (κ2) is 6.52. The van der Waals surface area contributed by atoms with Crippen molar-refractivity contribution in [3.63, 3.8) is 0 Å². The molecule has 0 saturated carbocycles. The van der Waals surface area contributed by atoms with Crippen LogP contribution in [-0.4, -0.2) is 28.4 Å². The van der Waals surface area contributed by atoms with Crippen molar-refractivity contribution in [2.75, 3.05) is 23.7 Å². The van der Waals surface area contributed by atoms with E-state index in [1.54, 1.807) is 49.3 Å². The Kier molecular flexibility index (Phi) is 4.84. The van der Waals surface area contributed by atoms with Gasteiger partial charge in [0, 0.05) is 19.7 Å². The molecule has 1 amide bonds. The van der Waals surface area contributed by atoms with Crippen LogP contribution in [-0.2, 0) is 10.0 Å². The van der Waals surface area contributed by atoms with Gasteiger partial charge in [0.25, 0.3) is 10.0 Å². The number of nitrogens with one attached hydrogen (secondary N) is 1. The molecule has 2 rings (SSSR count). The first-order valence-electron chi connectivity index (χ1n) is 7.33. The molecule has 0 aromatic heterocycles. The minimum absolute atomic E-state index is 0.166. The Hall–Kier alpha value is -2.54. The van der Waals surface area contributed by atoms with Crippen molar-refractivity contribution in [2.24, 2.45) is 5.73 Å². The van der Waals surface area contributed by atoms with Gasteiger partial charge in [-0.05, 0) is 55.3 Å². The van der Waals surface area contributed by atoms with E-state index >= 15 is 0 Å². The second-order valence-corrected chi connectivity index (χ2v) is 7.52. The number of hydrogen-bond acceptors (Lipinski definition) is 4. The van der Waals surface area contributed by atoms with Crippen LogP contribution in [0.25, 0.3) is 0 Å². The van der Waals surface area contributed by atoms with Gasteiger partial charge in [0.15, 0.2) is 0 Å². The van der Waals surface area contributed by atoms with Gasteiger partial charge in [-0.2, -0.15) is 0 Å². The van der Waals surface area contributed by atoms with E-state index in [1.807, 2.05) is 13.8 Å². The van der Waals surface area contributed by atoms with Crippen LogP contribution in [0.4, 0.5) is 11.4 Å². The van der Waals surface area contributed by atoms with E-state index < -0.39 is 15.9 Å². The van der Waals surface area contributed by atoms with Gasteiger partial charge in [-0.15, -0.1) is 0 Å². The highest BCUT2D eigenvalue weighted by atomic mass is 32.2. The molecule has 0 heterocycles. The van der Waals surface area contributed by atoms with E-state index in [-0.39, 0.29) is 10.5 Å². The van der Waals surface area contributed by atoms with E-state index in [2.05, 4.69) is 4.72 Å². The van der Waals surface area contributed by atoms with E-state index in [9.17, 15) is 13.2 Å².